The van der Waals surface area contributed by atoms with Gasteiger partial charge >= 0.3 is 0 Å². The van der Waals surface area contributed by atoms with Gasteiger partial charge in [0.2, 0.25) is 16.0 Å². The van der Waals surface area contributed by atoms with Crippen molar-refractivity contribution in [2.24, 2.45) is 0 Å². The van der Waals surface area contributed by atoms with E-state index in [1.807, 2.05) is 13.8 Å². The Hall–Kier alpha value is -2.42. The van der Waals surface area contributed by atoms with Crippen LogP contribution in [0.4, 0.5) is 10.3 Å². The zero-order valence-corrected chi connectivity index (χ0v) is 23.9. The van der Waals surface area contributed by atoms with Crippen LogP contribution >= 0.6 is 11.6 Å². The zero-order valence-electron chi connectivity index (χ0n) is 22.3. The largest absolute Gasteiger partial charge is 0.415 e. The summed E-state index contributed by atoms with van der Waals surface area (Å²) < 4.78 is 47.9. The number of rotatable bonds is 7. The van der Waals surface area contributed by atoms with E-state index in [4.69, 9.17) is 11.6 Å². The van der Waals surface area contributed by atoms with E-state index in [9.17, 15) is 18.6 Å². The normalized spacial score (nSPS) is 24.2. The first-order chi connectivity index (χ1) is 18.2. The Balaban J connectivity index is 1.49. The summed E-state index contributed by atoms with van der Waals surface area (Å²) in [5.74, 6) is -0.169. The Bertz CT molecular complexity index is 1530. The van der Waals surface area contributed by atoms with Crippen molar-refractivity contribution >= 4 is 38.6 Å². The summed E-state index contributed by atoms with van der Waals surface area (Å²) in [6.07, 6.45) is -0.286. The van der Waals surface area contributed by atoms with Gasteiger partial charge in [-0.15, -0.1) is 4.31 Å². The number of hydrogen-bond donors (Lipinski definition) is 3. The van der Waals surface area contributed by atoms with Crippen LogP contribution in [0, 0.1) is 5.82 Å². The molecule has 3 aromatic rings. The average molecular weight is 584 g/mol. The van der Waals surface area contributed by atoms with E-state index < -0.39 is 39.8 Å². The summed E-state index contributed by atoms with van der Waals surface area (Å²) in [7, 11) is -3.53. The van der Waals surface area contributed by atoms with E-state index in [0.29, 0.717) is 29.9 Å². The smallest absolute Gasteiger partial charge is 0.256 e. The van der Waals surface area contributed by atoms with Crippen LogP contribution in [0.1, 0.15) is 52.9 Å². The van der Waals surface area contributed by atoms with Gasteiger partial charge in [0.15, 0.2) is 18.5 Å². The van der Waals surface area contributed by atoms with Crippen LogP contribution in [0.5, 0.6) is 0 Å². The highest BCUT2D eigenvalue weighted by atomic mass is 35.5. The minimum absolute atomic E-state index is 0.0715. The Kier molecular flexibility index (Phi) is 7.13. The molecule has 4 heterocycles. The fourth-order valence-electron chi connectivity index (χ4n) is 5.42. The topological polar surface area (TPSA) is 146 Å². The molecular weight excluding hydrogens is 551 g/mol. The maximum Gasteiger partial charge on any atom is 0.256 e. The van der Waals surface area contributed by atoms with Crippen LogP contribution in [-0.2, 0) is 15.6 Å². The number of ether oxygens (including phenoxy) is 1. The summed E-state index contributed by atoms with van der Waals surface area (Å²) in [6, 6.07) is 1.97. The van der Waals surface area contributed by atoms with Crippen LogP contribution < -0.4 is 5.32 Å². The molecule has 4 N–H and O–H groups in total. The molecule has 14 heteroatoms. The van der Waals surface area contributed by atoms with E-state index in [-0.39, 0.29) is 40.0 Å². The van der Waals surface area contributed by atoms with Crippen molar-refractivity contribution in [1.82, 2.24) is 23.8 Å². The second-order valence-electron chi connectivity index (χ2n) is 10.8. The van der Waals surface area contributed by atoms with Crippen molar-refractivity contribution in [2.75, 3.05) is 17.7 Å². The number of aliphatic hydroxyl groups excluding tert-OH is 1. The third-order valence-electron chi connectivity index (χ3n) is 7.20. The van der Waals surface area contributed by atoms with Gasteiger partial charge in [0, 0.05) is 11.6 Å². The minimum atomic E-state index is -3.53. The van der Waals surface area contributed by atoms with Crippen LogP contribution in [0.2, 0.25) is 5.02 Å². The zero-order chi connectivity index (χ0) is 28.4. The second-order valence-corrected chi connectivity index (χ2v) is 13.4. The summed E-state index contributed by atoms with van der Waals surface area (Å²) in [5, 5.41) is 24.9. The molecule has 2 saturated heterocycles. The molecule has 5 rings (SSSR count). The summed E-state index contributed by atoms with van der Waals surface area (Å²) in [5.41, 5.74) is -0.0231. The van der Waals surface area contributed by atoms with Crippen molar-refractivity contribution in [1.29, 1.82) is 0 Å². The number of anilines is 1. The van der Waals surface area contributed by atoms with Crippen molar-refractivity contribution in [3.63, 3.8) is 0 Å². The molecule has 212 valence electrons. The molecule has 0 radical (unpaired) electrons. The van der Waals surface area contributed by atoms with Gasteiger partial charge in [-0.3, -0.25) is 0 Å². The highest BCUT2D eigenvalue weighted by Gasteiger charge is 2.56. The van der Waals surface area contributed by atoms with E-state index in [1.54, 1.807) is 31.4 Å². The highest BCUT2D eigenvalue weighted by Crippen LogP contribution is 2.36. The second kappa shape index (κ2) is 9.89. The van der Waals surface area contributed by atoms with Crippen LogP contribution in [0.3, 0.4) is 0 Å². The standard InChI is InChI=1S/C25H32ClFN6O5S/c1-6-39(36,37)33-14-9-17(21(34)22(33)38-11-14)29-24-28-10-15(26)19(31-24)13-7-16(27)20-18(8-13)32(12(2)3)23(30-20)25(4,5)35/h7-8,10,12,14,17,21-22,34-35H,6,9,11H2,1-5H3,(H,28,29,31)/p+1/t14-,17+,21-,22-/m0/s1. The molecule has 2 aromatic heterocycles. The molecule has 2 aliphatic rings. The lowest BCUT2D eigenvalue weighted by Crippen LogP contribution is -2.59. The highest BCUT2D eigenvalue weighted by molar-refractivity contribution is 7.89. The number of nitrogens with one attached hydrogen (secondary N) is 1. The lowest BCUT2D eigenvalue weighted by Gasteiger charge is -2.36. The predicted octanol–water partition coefficient (Wildman–Crippen LogP) is 2.53. The first-order valence-corrected chi connectivity index (χ1v) is 14.8. The Morgan fingerprint density at radius 3 is 2.67 bits per heavy atom. The van der Waals surface area contributed by atoms with Crippen LogP contribution in [-0.4, -0.2) is 84.0 Å². The third-order valence-corrected chi connectivity index (χ3v) is 9.36. The van der Waals surface area contributed by atoms with Gasteiger partial charge in [-0.05, 0) is 53.2 Å². The van der Waals surface area contributed by atoms with Gasteiger partial charge in [0.25, 0.3) is 6.23 Å². The van der Waals surface area contributed by atoms with Crippen LogP contribution in [0.15, 0.2) is 18.3 Å². The molecule has 2 aliphatic heterocycles. The maximum atomic E-state index is 15.3. The molecule has 0 amide bonds. The number of nitrogens with zero attached hydrogens (tertiary/aromatic N) is 5. The predicted molar refractivity (Wildman–Crippen MR) is 145 cm³/mol. The number of benzene rings is 1. The van der Waals surface area contributed by atoms with E-state index in [2.05, 4.69) is 25.0 Å². The number of imidazole rings is 1. The number of fused-ring (bicyclic) bond motifs is 3. The molecule has 0 spiro atoms. The van der Waals surface area contributed by atoms with Gasteiger partial charge in [-0.2, -0.15) is 0 Å². The lowest BCUT2D eigenvalue weighted by molar-refractivity contribution is -0.147. The summed E-state index contributed by atoms with van der Waals surface area (Å²) in [6.45, 7) is 8.91. The van der Waals surface area contributed by atoms with E-state index in [0.717, 1.165) is 0 Å². The Morgan fingerprint density at radius 1 is 1.31 bits per heavy atom. The number of sulfonamides is 1. The summed E-state index contributed by atoms with van der Waals surface area (Å²) >= 11 is 6.45. The Labute approximate surface area is 231 Å². The molecular formula is C25H33ClFN6O5S+. The van der Waals surface area contributed by atoms with Gasteiger partial charge < -0.3 is 24.8 Å². The molecule has 0 aliphatic carbocycles. The van der Waals surface area contributed by atoms with Crippen molar-refractivity contribution in [3.05, 3.63) is 35.0 Å². The summed E-state index contributed by atoms with van der Waals surface area (Å²) in [4.78, 5) is 13.2. The monoisotopic (exact) mass is 583 g/mol. The number of halogens is 2. The molecule has 0 unspecified atom stereocenters. The number of piperidine rings is 1. The molecule has 1 aromatic carbocycles. The van der Waals surface area contributed by atoms with Crippen molar-refractivity contribution < 1.29 is 27.8 Å². The first kappa shape index (κ1) is 28.1. The number of hydrogen-bond acceptors (Lipinski definition) is 8. The minimum Gasteiger partial charge on any atom is -0.415 e. The van der Waals surface area contributed by atoms with Crippen molar-refractivity contribution in [2.45, 2.75) is 77.1 Å². The maximum absolute atomic E-state index is 15.3. The lowest BCUT2D eigenvalue weighted by atomic mass is 9.98. The van der Waals surface area contributed by atoms with Gasteiger partial charge in [0.05, 0.1) is 34.2 Å². The molecule has 4 atom stereocenters. The SMILES string of the molecule is CCS(=O)(=O)N1[C@@H]2C[OH+][C@H]1[C@@H](O)[C@H](Nc1ncc(Cl)c(-c3cc(F)c4nc(C(C)(C)O)n(C(C)C)c4c3)n1)C2. The van der Waals surface area contributed by atoms with E-state index >= 15 is 4.39 Å². The fourth-order valence-corrected chi connectivity index (χ4v) is 7.04. The quantitative estimate of drug-likeness (QED) is 0.360. The van der Waals surface area contributed by atoms with Crippen LogP contribution in [0.25, 0.3) is 22.3 Å². The average Bonchev–Trinajstić information content (AvgIpc) is 3.43. The van der Waals surface area contributed by atoms with Crippen molar-refractivity contribution in [3.8, 4) is 11.3 Å². The third kappa shape index (κ3) is 4.89. The number of aromatic nitrogens is 4. The molecule has 2 bridgehead atoms. The van der Waals surface area contributed by atoms with Gasteiger partial charge in [-0.1, -0.05) is 11.6 Å². The molecule has 2 fully saturated rings. The molecule has 39 heavy (non-hydrogen) atoms. The van der Waals surface area contributed by atoms with Gasteiger partial charge in [0.1, 0.15) is 23.0 Å². The Morgan fingerprint density at radius 2 is 2.03 bits per heavy atom. The van der Waals surface area contributed by atoms with Gasteiger partial charge in [-0.25, -0.2) is 27.8 Å². The molecule has 11 nitrogen and oxygen atoms in total. The molecule has 0 saturated carbocycles. The first-order valence-electron chi connectivity index (χ1n) is 12.8. The number of aliphatic hydroxyl groups is 4. The fraction of sp³-hybridized carbons (Fsp3) is 0.560. The van der Waals surface area contributed by atoms with E-state index in [1.165, 1.54) is 16.6 Å².